The smallest absolute Gasteiger partial charge is 0.222 e. The summed E-state index contributed by atoms with van der Waals surface area (Å²) in [5.74, 6) is 0.919. The van der Waals surface area contributed by atoms with Crippen molar-refractivity contribution in [1.82, 2.24) is 16.0 Å². The summed E-state index contributed by atoms with van der Waals surface area (Å²) in [4.78, 5) is 16.0. The molecule has 0 radical (unpaired) electrons. The van der Waals surface area contributed by atoms with Crippen LogP contribution >= 0.6 is 0 Å². The number of aliphatic imine (C=N–C) groups is 1. The van der Waals surface area contributed by atoms with Gasteiger partial charge >= 0.3 is 0 Å². The Morgan fingerprint density at radius 2 is 1.77 bits per heavy atom. The lowest BCUT2D eigenvalue weighted by atomic mass is 9.89. The number of nitrogens with one attached hydrogen (secondary N) is 3. The van der Waals surface area contributed by atoms with E-state index in [9.17, 15) is 4.79 Å². The number of carbonyl (C=O) groups is 1. The minimum atomic E-state index is 0.0211. The molecule has 1 unspecified atom stereocenters. The second kappa shape index (κ2) is 10.5. The molecule has 0 aliphatic heterocycles. The second-order valence-electron chi connectivity index (χ2n) is 7.35. The minimum Gasteiger partial charge on any atom is -0.357 e. The summed E-state index contributed by atoms with van der Waals surface area (Å²) in [6, 6.07) is 0.377. The number of carbonyl (C=O) groups excluding carboxylic acids is 1. The Kier molecular flexibility index (Phi) is 9.86. The Bertz CT molecular complexity index is 345. The molecule has 0 saturated carbocycles. The molecular weight excluding hydrogens is 276 g/mol. The lowest BCUT2D eigenvalue weighted by Gasteiger charge is -2.23. The molecular formula is C17H36N4O. The van der Waals surface area contributed by atoms with Crippen LogP contribution in [0.2, 0.25) is 0 Å². The van der Waals surface area contributed by atoms with E-state index in [2.05, 4.69) is 55.6 Å². The van der Waals surface area contributed by atoms with E-state index in [-0.39, 0.29) is 11.8 Å². The number of hydrogen-bond acceptors (Lipinski definition) is 2. The maximum absolute atomic E-state index is 11.5. The molecule has 0 aromatic rings. The van der Waals surface area contributed by atoms with Gasteiger partial charge in [0.1, 0.15) is 0 Å². The molecule has 1 amide bonds. The van der Waals surface area contributed by atoms with Gasteiger partial charge in [0.2, 0.25) is 5.91 Å². The summed E-state index contributed by atoms with van der Waals surface area (Å²) in [6.45, 7) is 16.8. The van der Waals surface area contributed by atoms with Crippen molar-refractivity contribution in [2.24, 2.45) is 16.3 Å². The van der Waals surface area contributed by atoms with Crippen LogP contribution in [0.1, 0.15) is 61.3 Å². The molecule has 5 heteroatoms. The Morgan fingerprint density at radius 3 is 2.27 bits per heavy atom. The first-order chi connectivity index (χ1) is 10.2. The second-order valence-corrected chi connectivity index (χ2v) is 7.35. The van der Waals surface area contributed by atoms with Crippen LogP contribution in [0.25, 0.3) is 0 Å². The molecule has 130 valence electrons. The Morgan fingerprint density at radius 1 is 1.14 bits per heavy atom. The predicted octanol–water partition coefficient (Wildman–Crippen LogP) is 2.53. The van der Waals surface area contributed by atoms with E-state index in [1.165, 1.54) is 6.42 Å². The Labute approximate surface area is 136 Å². The number of amides is 1. The molecule has 0 aromatic carbocycles. The predicted molar refractivity (Wildman–Crippen MR) is 95.1 cm³/mol. The van der Waals surface area contributed by atoms with Crippen molar-refractivity contribution < 1.29 is 4.79 Å². The third-order valence-corrected chi connectivity index (χ3v) is 3.26. The average Bonchev–Trinajstić information content (AvgIpc) is 2.40. The van der Waals surface area contributed by atoms with Crippen LogP contribution in [0.15, 0.2) is 4.99 Å². The van der Waals surface area contributed by atoms with Gasteiger partial charge < -0.3 is 16.0 Å². The van der Waals surface area contributed by atoms with E-state index in [0.717, 1.165) is 18.9 Å². The van der Waals surface area contributed by atoms with Crippen LogP contribution < -0.4 is 16.0 Å². The first-order valence-corrected chi connectivity index (χ1v) is 8.48. The number of rotatable bonds is 8. The molecule has 3 N–H and O–H groups in total. The Balaban J connectivity index is 4.22. The minimum absolute atomic E-state index is 0.0211. The van der Waals surface area contributed by atoms with Crippen molar-refractivity contribution in [2.75, 3.05) is 19.6 Å². The van der Waals surface area contributed by atoms with E-state index >= 15 is 0 Å². The highest BCUT2D eigenvalue weighted by Gasteiger charge is 2.13. The van der Waals surface area contributed by atoms with Gasteiger partial charge in [-0.2, -0.15) is 0 Å². The first-order valence-electron chi connectivity index (χ1n) is 8.48. The molecule has 0 heterocycles. The standard InChI is InChI=1S/C17H36N4O/c1-8-18-16(20-12-11-19-15(22)13(2)3)21-14(4)9-10-17(5,6)7/h13-14H,8-12H2,1-7H3,(H,19,22)(H2,18,20,21). The van der Waals surface area contributed by atoms with E-state index in [1.807, 2.05) is 13.8 Å². The average molecular weight is 313 g/mol. The normalized spacial score (nSPS) is 13.9. The SMILES string of the molecule is CCNC(=NCCNC(=O)C(C)C)NC(C)CCC(C)(C)C. The van der Waals surface area contributed by atoms with Crippen molar-refractivity contribution >= 4 is 11.9 Å². The third kappa shape index (κ3) is 11.4. The topological polar surface area (TPSA) is 65.5 Å². The van der Waals surface area contributed by atoms with Crippen molar-refractivity contribution in [1.29, 1.82) is 0 Å². The van der Waals surface area contributed by atoms with Crippen molar-refractivity contribution in [3.8, 4) is 0 Å². The van der Waals surface area contributed by atoms with Crippen LogP contribution in [0, 0.1) is 11.3 Å². The summed E-state index contributed by atoms with van der Waals surface area (Å²) >= 11 is 0. The number of hydrogen-bond donors (Lipinski definition) is 3. The van der Waals surface area contributed by atoms with Crippen molar-refractivity contribution in [3.05, 3.63) is 0 Å². The fraction of sp³-hybridized carbons (Fsp3) is 0.882. The van der Waals surface area contributed by atoms with Gasteiger partial charge in [-0.15, -0.1) is 0 Å². The Hall–Kier alpha value is -1.26. The zero-order valence-corrected chi connectivity index (χ0v) is 15.5. The molecule has 0 bridgehead atoms. The van der Waals surface area contributed by atoms with Crippen LogP contribution in [0.5, 0.6) is 0 Å². The maximum atomic E-state index is 11.5. The van der Waals surface area contributed by atoms with Crippen molar-refractivity contribution in [3.63, 3.8) is 0 Å². The van der Waals surface area contributed by atoms with Crippen LogP contribution in [-0.4, -0.2) is 37.5 Å². The highest BCUT2D eigenvalue weighted by molar-refractivity contribution is 5.80. The van der Waals surface area contributed by atoms with Gasteiger partial charge in [0.15, 0.2) is 5.96 Å². The molecule has 0 fully saturated rings. The number of guanidine groups is 1. The first kappa shape index (κ1) is 20.7. The van der Waals surface area contributed by atoms with E-state index in [1.54, 1.807) is 0 Å². The molecule has 5 nitrogen and oxygen atoms in total. The van der Waals surface area contributed by atoms with Gasteiger partial charge in [-0.25, -0.2) is 0 Å². The van der Waals surface area contributed by atoms with Crippen molar-refractivity contribution in [2.45, 2.75) is 67.3 Å². The molecule has 0 spiro atoms. The lowest BCUT2D eigenvalue weighted by molar-refractivity contribution is -0.123. The summed E-state index contributed by atoms with van der Waals surface area (Å²) in [5, 5.41) is 9.55. The zero-order chi connectivity index (χ0) is 17.2. The third-order valence-electron chi connectivity index (χ3n) is 3.26. The zero-order valence-electron chi connectivity index (χ0n) is 15.5. The van der Waals surface area contributed by atoms with Gasteiger partial charge in [0, 0.05) is 25.0 Å². The molecule has 1 atom stereocenters. The summed E-state index contributed by atoms with van der Waals surface area (Å²) in [7, 11) is 0. The highest BCUT2D eigenvalue weighted by atomic mass is 16.1. The fourth-order valence-electron chi connectivity index (χ4n) is 1.83. The summed E-state index contributed by atoms with van der Waals surface area (Å²) in [5.41, 5.74) is 0.354. The maximum Gasteiger partial charge on any atom is 0.222 e. The number of nitrogens with zero attached hydrogens (tertiary/aromatic N) is 1. The van der Waals surface area contributed by atoms with Gasteiger partial charge in [-0.3, -0.25) is 9.79 Å². The monoisotopic (exact) mass is 312 g/mol. The summed E-state index contributed by atoms with van der Waals surface area (Å²) < 4.78 is 0. The summed E-state index contributed by atoms with van der Waals surface area (Å²) in [6.07, 6.45) is 2.28. The molecule has 0 aromatic heterocycles. The van der Waals surface area contributed by atoms with Gasteiger partial charge in [0.05, 0.1) is 6.54 Å². The van der Waals surface area contributed by atoms with Gasteiger partial charge in [-0.05, 0) is 32.1 Å². The molecule has 0 saturated heterocycles. The molecule has 0 aliphatic carbocycles. The molecule has 0 aliphatic rings. The van der Waals surface area contributed by atoms with E-state index in [0.29, 0.717) is 24.5 Å². The molecule has 0 rings (SSSR count). The van der Waals surface area contributed by atoms with E-state index in [4.69, 9.17) is 0 Å². The van der Waals surface area contributed by atoms with Gasteiger partial charge in [-0.1, -0.05) is 34.6 Å². The highest BCUT2D eigenvalue weighted by Crippen LogP contribution is 2.21. The fourth-order valence-corrected chi connectivity index (χ4v) is 1.83. The largest absolute Gasteiger partial charge is 0.357 e. The van der Waals surface area contributed by atoms with Crippen LogP contribution in [-0.2, 0) is 4.79 Å². The molecule has 22 heavy (non-hydrogen) atoms. The lowest BCUT2D eigenvalue weighted by Crippen LogP contribution is -2.43. The van der Waals surface area contributed by atoms with Gasteiger partial charge in [0.25, 0.3) is 0 Å². The quantitative estimate of drug-likeness (QED) is 0.366. The van der Waals surface area contributed by atoms with E-state index < -0.39 is 0 Å². The van der Waals surface area contributed by atoms with Crippen LogP contribution in [0.3, 0.4) is 0 Å². The van der Waals surface area contributed by atoms with Crippen LogP contribution in [0.4, 0.5) is 0 Å².